The maximum absolute atomic E-state index is 10.8. The zero-order valence-corrected chi connectivity index (χ0v) is 10.7. The molecule has 0 aromatic heterocycles. The number of rotatable bonds is 3. The highest BCUT2D eigenvalue weighted by Gasteiger charge is 2.07. The summed E-state index contributed by atoms with van der Waals surface area (Å²) in [5, 5.41) is 15.2. The summed E-state index contributed by atoms with van der Waals surface area (Å²) in [6.45, 7) is 0. The topological polar surface area (TPSA) is 49.3 Å². The lowest BCUT2D eigenvalue weighted by atomic mass is 10.1. The summed E-state index contributed by atoms with van der Waals surface area (Å²) in [6, 6.07) is 18.5. The van der Waals surface area contributed by atoms with Gasteiger partial charge < -0.3 is 10.4 Å². The number of phenols is 1. The van der Waals surface area contributed by atoms with Crippen molar-refractivity contribution < 1.29 is 9.90 Å². The third kappa shape index (κ3) is 2.21. The first kappa shape index (κ1) is 12.2. The summed E-state index contributed by atoms with van der Waals surface area (Å²) in [4.78, 5) is 10.8. The highest BCUT2D eigenvalue weighted by Crippen LogP contribution is 2.34. The molecule has 0 saturated carbocycles. The summed E-state index contributed by atoms with van der Waals surface area (Å²) in [5.74, 6) is 0.181. The van der Waals surface area contributed by atoms with E-state index in [0.29, 0.717) is 11.3 Å². The first-order valence-corrected chi connectivity index (χ1v) is 6.31. The van der Waals surface area contributed by atoms with Gasteiger partial charge in [-0.3, -0.25) is 4.79 Å². The Kier molecular flexibility index (Phi) is 3.09. The van der Waals surface area contributed by atoms with Gasteiger partial charge in [-0.05, 0) is 23.6 Å². The van der Waals surface area contributed by atoms with E-state index < -0.39 is 0 Å². The van der Waals surface area contributed by atoms with E-state index in [4.69, 9.17) is 0 Å². The zero-order chi connectivity index (χ0) is 13.9. The molecule has 3 nitrogen and oxygen atoms in total. The minimum absolute atomic E-state index is 0.181. The van der Waals surface area contributed by atoms with Gasteiger partial charge in [0, 0.05) is 16.6 Å². The van der Waals surface area contributed by atoms with Crippen LogP contribution in [0.2, 0.25) is 0 Å². The van der Waals surface area contributed by atoms with Crippen molar-refractivity contribution in [1.29, 1.82) is 0 Å². The van der Waals surface area contributed by atoms with Crippen LogP contribution in [0.5, 0.6) is 5.75 Å². The Morgan fingerprint density at radius 1 is 0.950 bits per heavy atom. The van der Waals surface area contributed by atoms with Gasteiger partial charge in [0.15, 0.2) is 0 Å². The Balaban J connectivity index is 2.09. The Labute approximate surface area is 116 Å². The van der Waals surface area contributed by atoms with Crippen LogP contribution in [0.15, 0.2) is 60.7 Å². The molecule has 0 unspecified atom stereocenters. The molecule has 0 saturated heterocycles. The highest BCUT2D eigenvalue weighted by atomic mass is 16.3. The fourth-order valence-electron chi connectivity index (χ4n) is 2.23. The summed E-state index contributed by atoms with van der Waals surface area (Å²) in [5.41, 5.74) is 2.00. The van der Waals surface area contributed by atoms with E-state index in [1.807, 2.05) is 36.4 Å². The molecule has 3 aromatic carbocycles. The number of nitrogens with one attached hydrogen (secondary N) is 1. The fraction of sp³-hybridized carbons (Fsp3) is 0. The minimum atomic E-state index is 0.181. The Morgan fingerprint density at radius 2 is 1.80 bits per heavy atom. The van der Waals surface area contributed by atoms with E-state index in [1.54, 1.807) is 24.3 Å². The second kappa shape index (κ2) is 5.05. The van der Waals surface area contributed by atoms with Crippen molar-refractivity contribution in [3.05, 3.63) is 66.2 Å². The number of aldehydes is 1. The molecule has 0 aliphatic rings. The highest BCUT2D eigenvalue weighted by molar-refractivity contribution is 5.98. The number of benzene rings is 3. The molecule has 0 aliphatic heterocycles. The van der Waals surface area contributed by atoms with Gasteiger partial charge in [-0.1, -0.05) is 42.5 Å². The van der Waals surface area contributed by atoms with Gasteiger partial charge in [-0.25, -0.2) is 0 Å². The molecular weight excluding hydrogens is 250 g/mol. The third-order valence-corrected chi connectivity index (χ3v) is 3.20. The van der Waals surface area contributed by atoms with Crippen LogP contribution >= 0.6 is 0 Å². The quantitative estimate of drug-likeness (QED) is 0.552. The predicted octanol–water partition coefficient (Wildman–Crippen LogP) is 4.10. The lowest BCUT2D eigenvalue weighted by molar-refractivity contribution is 0.112. The van der Waals surface area contributed by atoms with E-state index in [1.165, 1.54) is 0 Å². The molecule has 0 bridgehead atoms. The van der Waals surface area contributed by atoms with Crippen LogP contribution in [0.25, 0.3) is 10.8 Å². The number of carbonyl (C=O) groups excluding carboxylic acids is 1. The monoisotopic (exact) mass is 263 g/mol. The van der Waals surface area contributed by atoms with E-state index in [-0.39, 0.29) is 5.75 Å². The van der Waals surface area contributed by atoms with E-state index in [9.17, 15) is 9.90 Å². The Morgan fingerprint density at radius 3 is 2.65 bits per heavy atom. The van der Waals surface area contributed by atoms with Gasteiger partial charge in [0.2, 0.25) is 0 Å². The van der Waals surface area contributed by atoms with Crippen LogP contribution in [-0.2, 0) is 0 Å². The molecule has 0 amide bonds. The van der Waals surface area contributed by atoms with Crippen LogP contribution < -0.4 is 5.32 Å². The molecule has 0 radical (unpaired) electrons. The zero-order valence-electron chi connectivity index (χ0n) is 10.7. The van der Waals surface area contributed by atoms with E-state index in [2.05, 4.69) is 5.32 Å². The molecule has 0 heterocycles. The lowest BCUT2D eigenvalue weighted by Crippen LogP contribution is -1.93. The van der Waals surface area contributed by atoms with Crippen LogP contribution in [-0.4, -0.2) is 11.4 Å². The number of aromatic hydroxyl groups is 1. The van der Waals surface area contributed by atoms with Gasteiger partial charge in [0.25, 0.3) is 0 Å². The van der Waals surface area contributed by atoms with Gasteiger partial charge >= 0.3 is 0 Å². The molecule has 0 fully saturated rings. The van der Waals surface area contributed by atoms with Crippen molar-refractivity contribution >= 4 is 28.4 Å². The lowest BCUT2D eigenvalue weighted by Gasteiger charge is -2.12. The van der Waals surface area contributed by atoms with Crippen LogP contribution in [0.1, 0.15) is 10.4 Å². The number of carbonyl (C=O) groups is 1. The van der Waals surface area contributed by atoms with Crippen molar-refractivity contribution in [2.24, 2.45) is 0 Å². The second-order valence-electron chi connectivity index (χ2n) is 4.55. The minimum Gasteiger partial charge on any atom is -0.506 e. The fourth-order valence-corrected chi connectivity index (χ4v) is 2.23. The maximum atomic E-state index is 10.8. The average molecular weight is 263 g/mol. The van der Waals surface area contributed by atoms with E-state index >= 15 is 0 Å². The average Bonchev–Trinajstić information content (AvgIpc) is 2.50. The van der Waals surface area contributed by atoms with Crippen molar-refractivity contribution in [3.8, 4) is 5.75 Å². The van der Waals surface area contributed by atoms with Gasteiger partial charge in [-0.2, -0.15) is 0 Å². The molecule has 20 heavy (non-hydrogen) atoms. The van der Waals surface area contributed by atoms with E-state index in [0.717, 1.165) is 22.7 Å². The Bertz CT molecular complexity index is 781. The molecule has 3 aromatic rings. The summed E-state index contributed by atoms with van der Waals surface area (Å²) in [6.07, 6.45) is 0.800. The number of anilines is 2. The van der Waals surface area contributed by atoms with Crippen LogP contribution in [0.4, 0.5) is 11.4 Å². The summed E-state index contributed by atoms with van der Waals surface area (Å²) < 4.78 is 0. The molecule has 2 N–H and O–H groups in total. The smallest absolute Gasteiger partial charge is 0.150 e. The SMILES string of the molecule is O=Cc1cccc(Nc2c(O)ccc3ccccc23)c1. The maximum Gasteiger partial charge on any atom is 0.150 e. The van der Waals surface area contributed by atoms with Crippen molar-refractivity contribution in [2.75, 3.05) is 5.32 Å². The van der Waals surface area contributed by atoms with Crippen molar-refractivity contribution in [1.82, 2.24) is 0 Å². The first-order valence-electron chi connectivity index (χ1n) is 6.31. The molecule has 3 rings (SSSR count). The number of hydrogen-bond acceptors (Lipinski definition) is 3. The van der Waals surface area contributed by atoms with Gasteiger partial charge in [0.1, 0.15) is 12.0 Å². The molecule has 0 spiro atoms. The van der Waals surface area contributed by atoms with Crippen LogP contribution in [0, 0.1) is 0 Å². The van der Waals surface area contributed by atoms with Gasteiger partial charge in [0.05, 0.1) is 5.69 Å². The third-order valence-electron chi connectivity index (χ3n) is 3.20. The molecule has 0 atom stereocenters. The number of phenolic OH excluding ortho intramolecular Hbond substituents is 1. The normalized spacial score (nSPS) is 10.4. The number of fused-ring (bicyclic) bond motifs is 1. The largest absolute Gasteiger partial charge is 0.506 e. The van der Waals surface area contributed by atoms with Gasteiger partial charge in [-0.15, -0.1) is 0 Å². The Hall–Kier alpha value is -2.81. The standard InChI is InChI=1S/C17H13NO2/c19-11-12-4-3-6-14(10-12)18-17-15-7-2-1-5-13(15)8-9-16(17)20/h1-11,18,20H. The van der Waals surface area contributed by atoms with Crippen molar-refractivity contribution in [2.45, 2.75) is 0 Å². The van der Waals surface area contributed by atoms with Crippen molar-refractivity contribution in [3.63, 3.8) is 0 Å². The summed E-state index contributed by atoms with van der Waals surface area (Å²) >= 11 is 0. The summed E-state index contributed by atoms with van der Waals surface area (Å²) in [7, 11) is 0. The van der Waals surface area contributed by atoms with Crippen LogP contribution in [0.3, 0.4) is 0 Å². The molecular formula is C17H13NO2. The molecule has 98 valence electrons. The number of hydrogen-bond donors (Lipinski definition) is 2. The molecule has 3 heteroatoms. The first-order chi connectivity index (χ1) is 9.78. The predicted molar refractivity (Wildman–Crippen MR) is 80.7 cm³/mol. The second-order valence-corrected chi connectivity index (χ2v) is 4.55. The molecule has 0 aliphatic carbocycles.